The molecule has 1 aromatic carbocycles. The van der Waals surface area contributed by atoms with Crippen LogP contribution < -0.4 is 10.2 Å². The second kappa shape index (κ2) is 9.35. The molecule has 29 heavy (non-hydrogen) atoms. The fraction of sp³-hybridized carbons (Fsp3) is 0.609. The Labute approximate surface area is 178 Å². The van der Waals surface area contributed by atoms with Gasteiger partial charge in [-0.05, 0) is 68.1 Å². The Hall–Kier alpha value is -1.79. The van der Waals surface area contributed by atoms with E-state index in [9.17, 15) is 4.79 Å². The van der Waals surface area contributed by atoms with E-state index in [0.717, 1.165) is 44.9 Å². The van der Waals surface area contributed by atoms with Crippen LogP contribution in [0.1, 0.15) is 32.1 Å². The van der Waals surface area contributed by atoms with Crippen LogP contribution in [0.25, 0.3) is 10.1 Å². The maximum absolute atomic E-state index is 11.8. The average molecular weight is 415 g/mol. The van der Waals surface area contributed by atoms with Gasteiger partial charge in [0.25, 0.3) is 0 Å². The van der Waals surface area contributed by atoms with Gasteiger partial charge < -0.3 is 15.1 Å². The van der Waals surface area contributed by atoms with Crippen LogP contribution in [0, 0.1) is 5.92 Å². The van der Waals surface area contributed by atoms with E-state index in [1.54, 1.807) is 4.90 Å². The van der Waals surface area contributed by atoms with Gasteiger partial charge in [-0.15, -0.1) is 11.3 Å². The van der Waals surface area contributed by atoms with Gasteiger partial charge in [-0.2, -0.15) is 0 Å². The zero-order chi connectivity index (χ0) is 20.2. The first kappa shape index (κ1) is 20.5. The van der Waals surface area contributed by atoms with E-state index in [4.69, 9.17) is 0 Å². The van der Waals surface area contributed by atoms with Crippen molar-refractivity contribution in [3.8, 4) is 0 Å². The molecular formula is C23H34N4OS. The molecule has 1 saturated carbocycles. The second-order valence-electron chi connectivity index (χ2n) is 8.79. The summed E-state index contributed by atoms with van der Waals surface area (Å²) in [4.78, 5) is 18.6. The molecule has 1 aliphatic heterocycles. The minimum Gasteiger partial charge on any atom is -0.368 e. The fourth-order valence-corrected chi connectivity index (χ4v) is 5.54. The summed E-state index contributed by atoms with van der Waals surface area (Å²) in [5.41, 5.74) is 1.40. The molecule has 2 aromatic rings. The highest BCUT2D eigenvalue weighted by molar-refractivity contribution is 7.17. The van der Waals surface area contributed by atoms with Crippen LogP contribution in [0.15, 0.2) is 29.6 Å². The number of hydrogen-bond donors (Lipinski definition) is 1. The number of piperazine rings is 1. The number of nitrogens with one attached hydrogen (secondary N) is 1. The van der Waals surface area contributed by atoms with Gasteiger partial charge in [-0.1, -0.05) is 6.07 Å². The van der Waals surface area contributed by atoms with Crippen LogP contribution in [-0.4, -0.2) is 68.7 Å². The first-order valence-corrected chi connectivity index (χ1v) is 11.9. The number of benzene rings is 1. The summed E-state index contributed by atoms with van der Waals surface area (Å²) in [6.45, 7) is 5.79. The molecule has 1 saturated heterocycles. The molecule has 2 amide bonds. The smallest absolute Gasteiger partial charge is 0.317 e. The molecule has 6 heteroatoms. The molecular weight excluding hydrogens is 380 g/mol. The van der Waals surface area contributed by atoms with Crippen molar-refractivity contribution >= 4 is 33.1 Å². The third kappa shape index (κ3) is 5.04. The van der Waals surface area contributed by atoms with Crippen molar-refractivity contribution in [2.75, 3.05) is 51.7 Å². The Balaban J connectivity index is 1.18. The standard InChI is InChI=1S/C23H34N4OS/c1-25(2)23(28)24-19-8-6-18(7-9-19)10-12-26-13-15-27(16-14-26)21-4-3-5-22-20(21)11-17-29-22/h3-5,11,17-19H,6-10,12-16H2,1-2H3,(H,24,28)/t18-,19-. The van der Waals surface area contributed by atoms with Crippen molar-refractivity contribution in [1.29, 1.82) is 0 Å². The summed E-state index contributed by atoms with van der Waals surface area (Å²) in [6.07, 6.45) is 6.05. The number of fused-ring (bicyclic) bond motifs is 1. The number of carbonyl (C=O) groups is 1. The van der Waals surface area contributed by atoms with Crippen molar-refractivity contribution in [1.82, 2.24) is 15.1 Å². The highest BCUT2D eigenvalue weighted by atomic mass is 32.1. The first-order chi connectivity index (χ1) is 14.1. The lowest BCUT2D eigenvalue weighted by molar-refractivity contribution is 0.194. The minimum absolute atomic E-state index is 0.0458. The number of rotatable bonds is 5. The van der Waals surface area contributed by atoms with E-state index in [2.05, 4.69) is 44.8 Å². The third-order valence-electron chi connectivity index (χ3n) is 6.62. The number of anilines is 1. The lowest BCUT2D eigenvalue weighted by atomic mass is 9.84. The molecule has 0 radical (unpaired) electrons. The van der Waals surface area contributed by atoms with Crippen molar-refractivity contribution in [3.05, 3.63) is 29.6 Å². The monoisotopic (exact) mass is 414 g/mol. The molecule has 4 rings (SSSR count). The minimum atomic E-state index is 0.0458. The lowest BCUT2D eigenvalue weighted by Crippen LogP contribution is -2.47. The first-order valence-electron chi connectivity index (χ1n) is 11.0. The van der Waals surface area contributed by atoms with Gasteiger partial charge in [0.15, 0.2) is 0 Å². The molecule has 1 N–H and O–H groups in total. The molecule has 158 valence electrons. The highest BCUT2D eigenvalue weighted by Crippen LogP contribution is 2.31. The van der Waals surface area contributed by atoms with Gasteiger partial charge in [-0.3, -0.25) is 4.90 Å². The second-order valence-corrected chi connectivity index (χ2v) is 9.74. The van der Waals surface area contributed by atoms with Crippen LogP contribution in [0.2, 0.25) is 0 Å². The predicted molar refractivity (Wildman–Crippen MR) is 123 cm³/mol. The molecule has 2 aliphatic rings. The number of hydrogen-bond acceptors (Lipinski definition) is 4. The quantitative estimate of drug-likeness (QED) is 0.795. The largest absolute Gasteiger partial charge is 0.368 e. The van der Waals surface area contributed by atoms with Crippen LogP contribution in [0.5, 0.6) is 0 Å². The number of amides is 2. The lowest BCUT2D eigenvalue weighted by Gasteiger charge is -2.37. The molecule has 1 aromatic heterocycles. The summed E-state index contributed by atoms with van der Waals surface area (Å²) in [5, 5.41) is 6.75. The molecule has 5 nitrogen and oxygen atoms in total. The predicted octanol–water partition coefficient (Wildman–Crippen LogP) is 4.24. The third-order valence-corrected chi connectivity index (χ3v) is 7.50. The van der Waals surface area contributed by atoms with Crippen molar-refractivity contribution in [3.63, 3.8) is 0 Å². The van der Waals surface area contributed by atoms with Crippen molar-refractivity contribution < 1.29 is 4.79 Å². The van der Waals surface area contributed by atoms with Crippen LogP contribution >= 0.6 is 11.3 Å². The van der Waals surface area contributed by atoms with Gasteiger partial charge in [0.05, 0.1) is 0 Å². The maximum atomic E-state index is 11.8. The normalized spacial score (nSPS) is 23.3. The fourth-order valence-electron chi connectivity index (χ4n) is 4.73. The number of urea groups is 1. The van der Waals surface area contributed by atoms with Crippen LogP contribution in [0.3, 0.4) is 0 Å². The molecule has 0 unspecified atom stereocenters. The maximum Gasteiger partial charge on any atom is 0.317 e. The van der Waals surface area contributed by atoms with Gasteiger partial charge in [-0.25, -0.2) is 4.79 Å². The van der Waals surface area contributed by atoms with E-state index in [1.807, 2.05) is 25.4 Å². The Morgan fingerprint density at radius 2 is 1.86 bits per heavy atom. The van der Waals surface area contributed by atoms with E-state index >= 15 is 0 Å². The Kier molecular flexibility index (Phi) is 6.60. The Morgan fingerprint density at radius 1 is 1.10 bits per heavy atom. The average Bonchev–Trinajstić information content (AvgIpc) is 3.22. The van der Waals surface area contributed by atoms with Gasteiger partial charge in [0, 0.05) is 62.1 Å². The van der Waals surface area contributed by atoms with Crippen molar-refractivity contribution in [2.24, 2.45) is 5.92 Å². The highest BCUT2D eigenvalue weighted by Gasteiger charge is 2.24. The summed E-state index contributed by atoms with van der Waals surface area (Å²) in [6, 6.07) is 9.36. The summed E-state index contributed by atoms with van der Waals surface area (Å²) in [5.74, 6) is 0.820. The molecule has 0 bridgehead atoms. The molecule has 2 heterocycles. The summed E-state index contributed by atoms with van der Waals surface area (Å²) in [7, 11) is 3.61. The van der Waals surface area contributed by atoms with E-state index < -0.39 is 0 Å². The van der Waals surface area contributed by atoms with Crippen molar-refractivity contribution in [2.45, 2.75) is 38.1 Å². The summed E-state index contributed by atoms with van der Waals surface area (Å²) >= 11 is 1.83. The Bertz CT molecular complexity index is 804. The molecule has 0 spiro atoms. The van der Waals surface area contributed by atoms with Crippen LogP contribution in [0.4, 0.5) is 10.5 Å². The summed E-state index contributed by atoms with van der Waals surface area (Å²) < 4.78 is 1.39. The number of carbonyl (C=O) groups excluding carboxylic acids is 1. The van der Waals surface area contributed by atoms with Gasteiger partial charge >= 0.3 is 6.03 Å². The number of nitrogens with zero attached hydrogens (tertiary/aromatic N) is 3. The zero-order valence-corrected chi connectivity index (χ0v) is 18.6. The molecule has 2 fully saturated rings. The van der Waals surface area contributed by atoms with Crippen LogP contribution in [-0.2, 0) is 0 Å². The molecule has 1 aliphatic carbocycles. The number of thiophene rings is 1. The van der Waals surface area contributed by atoms with Gasteiger partial charge in [0.1, 0.15) is 0 Å². The molecule has 0 atom stereocenters. The Morgan fingerprint density at radius 3 is 2.59 bits per heavy atom. The van der Waals surface area contributed by atoms with E-state index in [0.29, 0.717) is 6.04 Å². The topological polar surface area (TPSA) is 38.8 Å². The van der Waals surface area contributed by atoms with Gasteiger partial charge in [0.2, 0.25) is 0 Å². The van der Waals surface area contributed by atoms with E-state index in [-0.39, 0.29) is 6.03 Å². The SMILES string of the molecule is CN(C)C(=O)N[C@H]1CC[C@H](CCN2CCN(c3cccc4sccc34)CC2)CC1. The van der Waals surface area contributed by atoms with E-state index in [1.165, 1.54) is 41.6 Å². The zero-order valence-electron chi connectivity index (χ0n) is 17.8.